The van der Waals surface area contributed by atoms with Crippen molar-refractivity contribution < 1.29 is 9.34 Å². The van der Waals surface area contributed by atoms with Gasteiger partial charge in [-0.05, 0) is 25.1 Å². The Morgan fingerprint density at radius 2 is 2.25 bits per heavy atom. The molecular weight excluding hydrogens is 258 g/mol. The first-order valence-corrected chi connectivity index (χ1v) is 6.10. The van der Waals surface area contributed by atoms with Gasteiger partial charge in [0.05, 0.1) is 29.1 Å². The standard InChI is InChI=1S/C14H13N3O3/c1-2-16(9-12-5-6-20-10-12)13-4-3-11(8-15)7-14(13)17(18)19/h3-7,10H,2,9H2,1H3. The first-order chi connectivity index (χ1) is 9.65. The lowest BCUT2D eigenvalue weighted by atomic mass is 10.1. The van der Waals surface area contributed by atoms with Crippen LogP contribution in [0.4, 0.5) is 11.4 Å². The van der Waals surface area contributed by atoms with Crippen molar-refractivity contribution in [1.82, 2.24) is 0 Å². The number of hydrogen-bond donors (Lipinski definition) is 0. The number of nitrogens with zero attached hydrogens (tertiary/aromatic N) is 3. The van der Waals surface area contributed by atoms with Crippen molar-refractivity contribution in [2.45, 2.75) is 13.5 Å². The molecule has 102 valence electrons. The zero-order valence-corrected chi connectivity index (χ0v) is 10.9. The van der Waals surface area contributed by atoms with Crippen LogP contribution in [0.1, 0.15) is 18.1 Å². The lowest BCUT2D eigenvalue weighted by Crippen LogP contribution is -2.22. The summed E-state index contributed by atoms with van der Waals surface area (Å²) in [4.78, 5) is 12.6. The van der Waals surface area contributed by atoms with Crippen molar-refractivity contribution >= 4 is 11.4 Å². The van der Waals surface area contributed by atoms with Gasteiger partial charge in [0.25, 0.3) is 5.69 Å². The van der Waals surface area contributed by atoms with Gasteiger partial charge in [0.1, 0.15) is 5.69 Å². The molecule has 0 fully saturated rings. The Labute approximate surface area is 116 Å². The van der Waals surface area contributed by atoms with Crippen LogP contribution in [0.3, 0.4) is 0 Å². The summed E-state index contributed by atoms with van der Waals surface area (Å²) in [7, 11) is 0. The van der Waals surface area contributed by atoms with E-state index in [2.05, 4.69) is 0 Å². The maximum Gasteiger partial charge on any atom is 0.293 e. The monoisotopic (exact) mass is 271 g/mol. The normalized spacial score (nSPS) is 10.0. The average Bonchev–Trinajstić information content (AvgIpc) is 2.97. The van der Waals surface area contributed by atoms with Gasteiger partial charge in [0, 0.05) is 24.7 Å². The van der Waals surface area contributed by atoms with Crippen molar-refractivity contribution in [3.8, 4) is 6.07 Å². The van der Waals surface area contributed by atoms with Crippen molar-refractivity contribution in [2.24, 2.45) is 0 Å². The van der Waals surface area contributed by atoms with Gasteiger partial charge in [-0.3, -0.25) is 10.1 Å². The number of rotatable bonds is 5. The van der Waals surface area contributed by atoms with Crippen molar-refractivity contribution in [3.05, 3.63) is 58.0 Å². The van der Waals surface area contributed by atoms with Crippen molar-refractivity contribution in [1.29, 1.82) is 5.26 Å². The van der Waals surface area contributed by atoms with Crippen molar-refractivity contribution in [3.63, 3.8) is 0 Å². The van der Waals surface area contributed by atoms with Gasteiger partial charge in [-0.15, -0.1) is 0 Å². The minimum Gasteiger partial charge on any atom is -0.472 e. The van der Waals surface area contributed by atoms with Crippen LogP contribution in [0.2, 0.25) is 0 Å². The Balaban J connectivity index is 2.38. The van der Waals surface area contributed by atoms with E-state index in [1.165, 1.54) is 6.07 Å². The summed E-state index contributed by atoms with van der Waals surface area (Å²) in [5.41, 5.74) is 1.65. The molecule has 0 amide bonds. The second-order valence-corrected chi connectivity index (χ2v) is 4.22. The molecule has 2 aromatic rings. The third-order valence-electron chi connectivity index (χ3n) is 2.98. The molecular formula is C14H13N3O3. The molecule has 6 heteroatoms. The summed E-state index contributed by atoms with van der Waals surface area (Å²) in [6.45, 7) is 3.04. The second-order valence-electron chi connectivity index (χ2n) is 4.22. The Morgan fingerprint density at radius 1 is 1.45 bits per heavy atom. The molecule has 0 radical (unpaired) electrons. The minimum absolute atomic E-state index is 0.0607. The highest BCUT2D eigenvalue weighted by Gasteiger charge is 2.19. The van der Waals surface area contributed by atoms with E-state index >= 15 is 0 Å². The molecule has 0 spiro atoms. The van der Waals surface area contributed by atoms with E-state index in [0.717, 1.165) is 5.56 Å². The van der Waals surface area contributed by atoms with E-state index in [1.807, 2.05) is 24.0 Å². The third-order valence-corrected chi connectivity index (χ3v) is 2.98. The van der Waals surface area contributed by atoms with Crippen molar-refractivity contribution in [2.75, 3.05) is 11.4 Å². The highest BCUT2D eigenvalue weighted by Crippen LogP contribution is 2.30. The van der Waals surface area contributed by atoms with E-state index in [0.29, 0.717) is 18.8 Å². The summed E-state index contributed by atoms with van der Waals surface area (Å²) in [6.07, 6.45) is 3.18. The number of furan rings is 1. The quantitative estimate of drug-likeness (QED) is 0.616. The van der Waals surface area contributed by atoms with Gasteiger partial charge < -0.3 is 9.32 Å². The highest BCUT2D eigenvalue weighted by molar-refractivity contribution is 5.65. The Bertz CT molecular complexity index is 644. The number of nitriles is 1. The Hall–Kier alpha value is -2.81. The maximum atomic E-state index is 11.2. The van der Waals surface area contributed by atoms with E-state index < -0.39 is 4.92 Å². The molecule has 0 aliphatic rings. The molecule has 0 saturated carbocycles. The molecule has 1 aromatic heterocycles. The van der Waals surface area contributed by atoms with Crippen LogP contribution in [0.25, 0.3) is 0 Å². The van der Waals surface area contributed by atoms with E-state index in [-0.39, 0.29) is 11.3 Å². The van der Waals surface area contributed by atoms with Gasteiger partial charge in [-0.2, -0.15) is 5.26 Å². The SMILES string of the molecule is CCN(Cc1ccoc1)c1ccc(C#N)cc1[N+](=O)[O-]. The fourth-order valence-corrected chi connectivity index (χ4v) is 1.98. The summed E-state index contributed by atoms with van der Waals surface area (Å²) in [5.74, 6) is 0. The molecule has 0 saturated heterocycles. The summed E-state index contributed by atoms with van der Waals surface area (Å²) in [5, 5.41) is 20.0. The van der Waals surface area contributed by atoms with E-state index in [4.69, 9.17) is 9.68 Å². The molecule has 20 heavy (non-hydrogen) atoms. The van der Waals surface area contributed by atoms with Crippen LogP contribution < -0.4 is 4.90 Å². The van der Waals surface area contributed by atoms with Crippen LogP contribution in [0, 0.1) is 21.4 Å². The van der Waals surface area contributed by atoms with E-state index in [1.54, 1.807) is 24.7 Å². The van der Waals surface area contributed by atoms with E-state index in [9.17, 15) is 10.1 Å². The first kappa shape index (κ1) is 13.6. The lowest BCUT2D eigenvalue weighted by Gasteiger charge is -2.22. The zero-order chi connectivity index (χ0) is 14.5. The fraction of sp³-hybridized carbons (Fsp3) is 0.214. The van der Waals surface area contributed by atoms with Gasteiger partial charge in [-0.1, -0.05) is 0 Å². The zero-order valence-electron chi connectivity index (χ0n) is 10.9. The molecule has 0 aliphatic carbocycles. The molecule has 0 aliphatic heterocycles. The van der Waals surface area contributed by atoms with Gasteiger partial charge in [-0.25, -0.2) is 0 Å². The van der Waals surface area contributed by atoms with Crippen LogP contribution >= 0.6 is 0 Å². The Kier molecular flexibility index (Phi) is 4.01. The third kappa shape index (κ3) is 2.78. The number of nitro groups is 1. The van der Waals surface area contributed by atoms with Gasteiger partial charge in [0.15, 0.2) is 0 Å². The molecule has 0 N–H and O–H groups in total. The fourth-order valence-electron chi connectivity index (χ4n) is 1.98. The summed E-state index contributed by atoms with van der Waals surface area (Å²) < 4.78 is 5.01. The number of anilines is 1. The molecule has 1 heterocycles. The van der Waals surface area contributed by atoms with Gasteiger partial charge >= 0.3 is 0 Å². The number of hydrogen-bond acceptors (Lipinski definition) is 5. The maximum absolute atomic E-state index is 11.2. The van der Waals surface area contributed by atoms with Crippen LogP contribution in [0.15, 0.2) is 41.2 Å². The topological polar surface area (TPSA) is 83.3 Å². The van der Waals surface area contributed by atoms with Crippen LogP contribution in [0.5, 0.6) is 0 Å². The average molecular weight is 271 g/mol. The van der Waals surface area contributed by atoms with Crippen LogP contribution in [-0.2, 0) is 6.54 Å². The molecule has 1 aromatic carbocycles. The van der Waals surface area contributed by atoms with Gasteiger partial charge in [0.2, 0.25) is 0 Å². The first-order valence-electron chi connectivity index (χ1n) is 6.10. The Morgan fingerprint density at radius 3 is 2.80 bits per heavy atom. The molecule has 0 unspecified atom stereocenters. The summed E-state index contributed by atoms with van der Waals surface area (Å²) in [6, 6.07) is 8.23. The predicted octanol–water partition coefficient (Wildman–Crippen LogP) is 3.09. The second kappa shape index (κ2) is 5.89. The number of nitro benzene ring substituents is 1. The van der Waals surface area contributed by atoms with Crippen LogP contribution in [-0.4, -0.2) is 11.5 Å². The molecule has 2 rings (SSSR count). The number of benzene rings is 1. The predicted molar refractivity (Wildman–Crippen MR) is 73.2 cm³/mol. The molecule has 0 atom stereocenters. The lowest BCUT2D eigenvalue weighted by molar-refractivity contribution is -0.384. The largest absolute Gasteiger partial charge is 0.472 e. The highest BCUT2D eigenvalue weighted by atomic mass is 16.6. The smallest absolute Gasteiger partial charge is 0.293 e. The molecule has 0 bridgehead atoms. The minimum atomic E-state index is -0.464. The molecule has 6 nitrogen and oxygen atoms in total. The summed E-state index contributed by atoms with van der Waals surface area (Å²) >= 11 is 0.